The van der Waals surface area contributed by atoms with E-state index in [9.17, 15) is 9.59 Å². The summed E-state index contributed by atoms with van der Waals surface area (Å²) in [5.41, 5.74) is 0.858. The quantitative estimate of drug-likeness (QED) is 0.834. The smallest absolute Gasteiger partial charge is 0.365 e. The topological polar surface area (TPSA) is 92.1 Å². The molecule has 0 bridgehead atoms. The number of rotatable bonds is 3. The van der Waals surface area contributed by atoms with Gasteiger partial charge in [-0.05, 0) is 32.0 Å². The molecule has 2 N–H and O–H groups in total. The third-order valence-corrected chi connectivity index (χ3v) is 3.14. The minimum absolute atomic E-state index is 0.158. The maximum atomic E-state index is 11.9. The van der Waals surface area contributed by atoms with E-state index < -0.39 is 11.2 Å². The van der Waals surface area contributed by atoms with Crippen LogP contribution in [0.4, 0.5) is 5.69 Å². The van der Waals surface area contributed by atoms with Gasteiger partial charge in [0.15, 0.2) is 0 Å². The average molecular weight is 308 g/mol. The minimum atomic E-state index is -0.696. The molecule has 1 aromatic carbocycles. The van der Waals surface area contributed by atoms with Crippen LogP contribution < -0.4 is 16.6 Å². The molecule has 0 radical (unpaired) electrons. The number of aromatic nitrogens is 3. The van der Waals surface area contributed by atoms with Gasteiger partial charge in [0.25, 0.3) is 5.56 Å². The number of hydrogen-bond acceptors (Lipinski definition) is 5. The molecule has 0 fully saturated rings. The van der Waals surface area contributed by atoms with E-state index in [0.29, 0.717) is 16.3 Å². The molecule has 0 unspecified atom stereocenters. The molecular weight excluding hydrogens is 294 g/mol. The lowest BCUT2D eigenvalue weighted by Gasteiger charge is -2.09. The lowest BCUT2D eigenvalue weighted by atomic mass is 10.1. The molecule has 0 spiro atoms. The zero-order valence-corrected chi connectivity index (χ0v) is 12.5. The van der Waals surface area contributed by atoms with Crippen molar-refractivity contribution in [3.63, 3.8) is 0 Å². The SMILES string of the molecule is CNc1ccc(Cl)cc1/C(C)=N/n1c(=O)[nH]nc(C)c1=O. The van der Waals surface area contributed by atoms with Gasteiger partial charge < -0.3 is 5.32 Å². The first kappa shape index (κ1) is 15.0. The average Bonchev–Trinajstić information content (AvgIpc) is 2.47. The van der Waals surface area contributed by atoms with Crippen LogP contribution in [0.2, 0.25) is 5.02 Å². The lowest BCUT2D eigenvalue weighted by Crippen LogP contribution is -2.35. The van der Waals surface area contributed by atoms with Crippen molar-refractivity contribution in [2.45, 2.75) is 13.8 Å². The van der Waals surface area contributed by atoms with Gasteiger partial charge in [-0.2, -0.15) is 10.2 Å². The van der Waals surface area contributed by atoms with Crippen LogP contribution in [0.1, 0.15) is 18.2 Å². The Morgan fingerprint density at radius 2 is 2.14 bits per heavy atom. The molecule has 1 aromatic heterocycles. The summed E-state index contributed by atoms with van der Waals surface area (Å²) < 4.78 is 0.748. The first-order chi connectivity index (χ1) is 9.93. The molecule has 0 saturated carbocycles. The summed E-state index contributed by atoms with van der Waals surface area (Å²) in [6.07, 6.45) is 0. The van der Waals surface area contributed by atoms with Crippen LogP contribution in [-0.2, 0) is 0 Å². The summed E-state index contributed by atoms with van der Waals surface area (Å²) in [6.45, 7) is 3.19. The second kappa shape index (κ2) is 5.92. The van der Waals surface area contributed by atoms with E-state index in [0.717, 1.165) is 10.4 Å². The van der Waals surface area contributed by atoms with Crippen LogP contribution in [0.5, 0.6) is 0 Å². The number of hydrogen-bond donors (Lipinski definition) is 2. The van der Waals surface area contributed by atoms with E-state index in [-0.39, 0.29) is 5.69 Å². The van der Waals surface area contributed by atoms with Crippen LogP contribution in [-0.4, -0.2) is 27.6 Å². The predicted molar refractivity (Wildman–Crippen MR) is 82.5 cm³/mol. The molecule has 0 amide bonds. The number of anilines is 1. The van der Waals surface area contributed by atoms with Crippen molar-refractivity contribution in [3.8, 4) is 0 Å². The molecule has 7 nitrogen and oxygen atoms in total. The van der Waals surface area contributed by atoms with E-state index in [2.05, 4.69) is 20.6 Å². The number of aryl methyl sites for hydroxylation is 1. The molecule has 0 saturated heterocycles. The highest BCUT2D eigenvalue weighted by Crippen LogP contribution is 2.21. The number of benzene rings is 1. The second-order valence-electron chi connectivity index (χ2n) is 4.36. The van der Waals surface area contributed by atoms with Crippen molar-refractivity contribution < 1.29 is 0 Å². The Hall–Kier alpha value is -2.41. The van der Waals surface area contributed by atoms with Crippen LogP contribution >= 0.6 is 11.6 Å². The van der Waals surface area contributed by atoms with Crippen molar-refractivity contribution >= 4 is 23.0 Å². The second-order valence-corrected chi connectivity index (χ2v) is 4.79. The van der Waals surface area contributed by atoms with E-state index in [1.54, 1.807) is 32.2 Å². The molecule has 2 aromatic rings. The molecule has 2 rings (SSSR count). The fourth-order valence-electron chi connectivity index (χ4n) is 1.80. The molecule has 8 heteroatoms. The Labute approximate surface area is 125 Å². The number of nitrogens with one attached hydrogen (secondary N) is 2. The van der Waals surface area contributed by atoms with Crippen LogP contribution in [0.25, 0.3) is 0 Å². The van der Waals surface area contributed by atoms with Gasteiger partial charge in [0.1, 0.15) is 5.69 Å². The highest BCUT2D eigenvalue weighted by molar-refractivity contribution is 6.31. The van der Waals surface area contributed by atoms with Gasteiger partial charge in [0.2, 0.25) is 0 Å². The fraction of sp³-hybridized carbons (Fsp3) is 0.231. The summed E-state index contributed by atoms with van der Waals surface area (Å²) >= 11 is 5.98. The maximum Gasteiger partial charge on any atom is 0.365 e. The van der Waals surface area contributed by atoms with E-state index >= 15 is 0 Å². The van der Waals surface area contributed by atoms with Gasteiger partial charge in [-0.25, -0.2) is 9.89 Å². The van der Waals surface area contributed by atoms with E-state index in [4.69, 9.17) is 11.6 Å². The number of nitrogens with zero attached hydrogens (tertiary/aromatic N) is 3. The standard InChI is InChI=1S/C13H14ClN5O2/c1-7(10-6-9(14)4-5-11(10)15-3)18-19-12(20)8(2)16-17-13(19)21/h4-6,15H,1-3H3,(H,17,21)/b18-7+. The third-order valence-electron chi connectivity index (χ3n) is 2.90. The van der Waals surface area contributed by atoms with Crippen LogP contribution in [0, 0.1) is 6.92 Å². The van der Waals surface area contributed by atoms with E-state index in [1.807, 2.05) is 0 Å². The molecule has 0 aliphatic heterocycles. The van der Waals surface area contributed by atoms with Crippen molar-refractivity contribution in [1.82, 2.24) is 14.9 Å². The predicted octanol–water partition coefficient (Wildman–Crippen LogP) is 1.21. The van der Waals surface area contributed by atoms with Gasteiger partial charge in [0.05, 0.1) is 5.71 Å². The molecule has 0 aliphatic carbocycles. The first-order valence-corrected chi connectivity index (χ1v) is 6.53. The first-order valence-electron chi connectivity index (χ1n) is 6.15. The Morgan fingerprint density at radius 3 is 2.81 bits per heavy atom. The number of H-pyrrole nitrogens is 1. The van der Waals surface area contributed by atoms with Gasteiger partial charge >= 0.3 is 5.69 Å². The van der Waals surface area contributed by atoms with Gasteiger partial charge in [0, 0.05) is 23.3 Å². The summed E-state index contributed by atoms with van der Waals surface area (Å²) in [4.78, 5) is 23.6. The molecule has 21 heavy (non-hydrogen) atoms. The molecular formula is C13H14ClN5O2. The molecule has 110 valence electrons. The summed E-state index contributed by atoms with van der Waals surface area (Å²) in [5.74, 6) is 0. The zero-order chi connectivity index (χ0) is 15.6. The van der Waals surface area contributed by atoms with E-state index in [1.165, 1.54) is 6.92 Å². The fourth-order valence-corrected chi connectivity index (χ4v) is 1.97. The Balaban J connectivity index is 2.63. The van der Waals surface area contributed by atoms with Gasteiger partial charge in [-0.3, -0.25) is 4.79 Å². The summed E-state index contributed by atoms with van der Waals surface area (Å²) in [7, 11) is 1.76. The number of aromatic amines is 1. The van der Waals surface area contributed by atoms with Gasteiger partial charge in [-0.15, -0.1) is 4.68 Å². The Bertz CT molecular complexity index is 822. The van der Waals surface area contributed by atoms with Crippen LogP contribution in [0.15, 0.2) is 32.9 Å². The Kier molecular flexibility index (Phi) is 4.23. The van der Waals surface area contributed by atoms with Crippen LogP contribution in [0.3, 0.4) is 0 Å². The number of halogens is 1. The largest absolute Gasteiger partial charge is 0.388 e. The maximum absolute atomic E-state index is 11.9. The van der Waals surface area contributed by atoms with Crippen molar-refractivity contribution in [1.29, 1.82) is 0 Å². The monoisotopic (exact) mass is 307 g/mol. The van der Waals surface area contributed by atoms with Gasteiger partial charge in [-0.1, -0.05) is 11.6 Å². The minimum Gasteiger partial charge on any atom is -0.388 e. The highest BCUT2D eigenvalue weighted by atomic mass is 35.5. The summed E-state index contributed by atoms with van der Waals surface area (Å²) in [6, 6.07) is 5.24. The van der Waals surface area contributed by atoms with Crippen molar-refractivity contribution in [2.24, 2.45) is 5.10 Å². The lowest BCUT2D eigenvalue weighted by molar-refractivity contribution is 0.691. The molecule has 0 aliphatic rings. The molecule has 0 atom stereocenters. The van der Waals surface area contributed by atoms with Crippen molar-refractivity contribution in [3.05, 3.63) is 55.3 Å². The molecule has 1 heterocycles. The Morgan fingerprint density at radius 1 is 1.43 bits per heavy atom. The third kappa shape index (κ3) is 3.03. The summed E-state index contributed by atoms with van der Waals surface area (Å²) in [5, 5.41) is 13.4. The zero-order valence-electron chi connectivity index (χ0n) is 11.8. The normalized spacial score (nSPS) is 11.5. The van der Waals surface area contributed by atoms with Crippen molar-refractivity contribution in [2.75, 3.05) is 12.4 Å². The highest BCUT2D eigenvalue weighted by Gasteiger charge is 2.09.